The van der Waals surface area contributed by atoms with Crippen molar-refractivity contribution in [2.75, 3.05) is 32.7 Å². The zero-order chi connectivity index (χ0) is 23.4. The molecule has 2 rings (SSSR count). The molecule has 6 heteroatoms. The highest BCUT2D eigenvalue weighted by Gasteiger charge is 2.25. The lowest BCUT2D eigenvalue weighted by Gasteiger charge is -2.35. The number of piperazine rings is 1. The monoisotopic (exact) mass is 444 g/mol. The van der Waals surface area contributed by atoms with Gasteiger partial charge in [0.2, 0.25) is 0 Å². The van der Waals surface area contributed by atoms with E-state index >= 15 is 0 Å². The second kappa shape index (κ2) is 13.3. The fourth-order valence-corrected chi connectivity index (χ4v) is 3.55. The van der Waals surface area contributed by atoms with Crippen molar-refractivity contribution < 1.29 is 19.1 Å². The van der Waals surface area contributed by atoms with Gasteiger partial charge in [0.1, 0.15) is 11.7 Å². The number of carbonyl (C=O) groups is 2. The van der Waals surface area contributed by atoms with Crippen LogP contribution in [0.1, 0.15) is 70.2 Å². The quantitative estimate of drug-likeness (QED) is 0.279. The van der Waals surface area contributed by atoms with Crippen LogP contribution in [-0.2, 0) is 9.47 Å². The van der Waals surface area contributed by atoms with Crippen LogP contribution in [-0.4, -0.2) is 66.3 Å². The topological polar surface area (TPSA) is 59.1 Å². The van der Waals surface area contributed by atoms with Crippen molar-refractivity contribution in [2.45, 2.75) is 71.5 Å². The lowest BCUT2D eigenvalue weighted by molar-refractivity contribution is 0.0152. The Labute approximate surface area is 193 Å². The van der Waals surface area contributed by atoms with Crippen molar-refractivity contribution in [3.05, 3.63) is 48.0 Å². The summed E-state index contributed by atoms with van der Waals surface area (Å²) in [5.74, 6) is -0.251. The number of carbonyl (C=O) groups excluding carboxylic acids is 2. The van der Waals surface area contributed by atoms with Gasteiger partial charge < -0.3 is 14.4 Å². The first kappa shape index (κ1) is 25.9. The molecule has 0 aromatic heterocycles. The molecule has 1 aromatic carbocycles. The molecule has 178 valence electrons. The van der Waals surface area contributed by atoms with E-state index in [2.05, 4.69) is 24.0 Å². The van der Waals surface area contributed by atoms with E-state index in [0.717, 1.165) is 51.7 Å². The van der Waals surface area contributed by atoms with Crippen LogP contribution in [0.2, 0.25) is 0 Å². The molecule has 1 aromatic rings. The smallest absolute Gasteiger partial charge is 0.410 e. The van der Waals surface area contributed by atoms with E-state index in [4.69, 9.17) is 9.47 Å². The van der Waals surface area contributed by atoms with Crippen LogP contribution >= 0.6 is 0 Å². The summed E-state index contributed by atoms with van der Waals surface area (Å²) in [4.78, 5) is 28.7. The number of rotatable bonds is 10. The third-order valence-corrected chi connectivity index (χ3v) is 5.37. The van der Waals surface area contributed by atoms with Gasteiger partial charge in [0.05, 0.1) is 5.56 Å². The Hall–Kier alpha value is -2.34. The minimum absolute atomic E-state index is 0.102. The van der Waals surface area contributed by atoms with Crippen LogP contribution < -0.4 is 0 Å². The summed E-state index contributed by atoms with van der Waals surface area (Å²) in [7, 11) is 0. The van der Waals surface area contributed by atoms with E-state index in [0.29, 0.717) is 18.7 Å². The minimum Gasteiger partial charge on any atom is -0.458 e. The third-order valence-electron chi connectivity index (χ3n) is 5.37. The number of unbranched alkanes of at least 4 members (excludes halogenated alkanes) is 2. The van der Waals surface area contributed by atoms with Crippen LogP contribution in [0.3, 0.4) is 0 Å². The molecule has 1 atom stereocenters. The molecule has 1 saturated heterocycles. The maximum absolute atomic E-state index is 12.4. The van der Waals surface area contributed by atoms with Gasteiger partial charge in [0.15, 0.2) is 0 Å². The highest BCUT2D eigenvalue weighted by atomic mass is 16.6. The summed E-state index contributed by atoms with van der Waals surface area (Å²) in [5.41, 5.74) is 0.133. The second-order valence-electron chi connectivity index (χ2n) is 9.36. The number of hydrogen-bond donors (Lipinski definition) is 0. The molecular weight excluding hydrogens is 404 g/mol. The predicted octanol–water partition coefficient (Wildman–Crippen LogP) is 5.29. The van der Waals surface area contributed by atoms with Gasteiger partial charge in [-0.1, -0.05) is 50.1 Å². The van der Waals surface area contributed by atoms with Crippen molar-refractivity contribution in [2.24, 2.45) is 0 Å². The van der Waals surface area contributed by atoms with E-state index in [1.807, 2.05) is 39.0 Å². The van der Waals surface area contributed by atoms with Gasteiger partial charge in [-0.05, 0) is 45.7 Å². The van der Waals surface area contributed by atoms with E-state index < -0.39 is 5.60 Å². The predicted molar refractivity (Wildman–Crippen MR) is 128 cm³/mol. The van der Waals surface area contributed by atoms with Gasteiger partial charge in [-0.15, -0.1) is 0 Å². The van der Waals surface area contributed by atoms with Crippen molar-refractivity contribution in [3.63, 3.8) is 0 Å². The molecule has 0 radical (unpaired) electrons. The van der Waals surface area contributed by atoms with Gasteiger partial charge >= 0.3 is 12.1 Å². The van der Waals surface area contributed by atoms with Crippen molar-refractivity contribution >= 4 is 12.1 Å². The zero-order valence-electron chi connectivity index (χ0n) is 20.2. The highest BCUT2D eigenvalue weighted by molar-refractivity contribution is 5.89. The first-order valence-electron chi connectivity index (χ1n) is 11.9. The molecule has 1 heterocycles. The van der Waals surface area contributed by atoms with Gasteiger partial charge in [-0.3, -0.25) is 4.90 Å². The van der Waals surface area contributed by atoms with Gasteiger partial charge in [-0.25, -0.2) is 9.59 Å². The fourth-order valence-electron chi connectivity index (χ4n) is 3.55. The van der Waals surface area contributed by atoms with Gasteiger partial charge in [0, 0.05) is 39.1 Å². The van der Waals surface area contributed by atoms with Crippen LogP contribution in [0.25, 0.3) is 0 Å². The van der Waals surface area contributed by atoms with Crippen molar-refractivity contribution in [3.8, 4) is 0 Å². The molecule has 0 N–H and O–H groups in total. The van der Waals surface area contributed by atoms with Crippen molar-refractivity contribution in [1.82, 2.24) is 9.80 Å². The Balaban J connectivity index is 1.76. The fraction of sp³-hybridized carbons (Fsp3) is 0.615. The number of hydrogen-bond acceptors (Lipinski definition) is 5. The Morgan fingerprint density at radius 3 is 2.34 bits per heavy atom. The molecule has 1 aliphatic heterocycles. The minimum atomic E-state index is -0.464. The number of ether oxygens (including phenoxy) is 2. The number of benzene rings is 1. The molecule has 1 unspecified atom stereocenters. The molecule has 0 saturated carbocycles. The number of amides is 1. The van der Waals surface area contributed by atoms with Crippen LogP contribution in [0.5, 0.6) is 0 Å². The lowest BCUT2D eigenvalue weighted by Crippen LogP contribution is -2.49. The number of esters is 1. The van der Waals surface area contributed by atoms with E-state index in [9.17, 15) is 9.59 Å². The van der Waals surface area contributed by atoms with Crippen LogP contribution in [0.4, 0.5) is 4.79 Å². The SMILES string of the molecule is CCCCCC(C/C=C/CN1CCN(C(=O)OC(C)(C)C)CC1)OC(=O)c1ccccc1. The second-order valence-corrected chi connectivity index (χ2v) is 9.36. The molecular formula is C26H40N2O4. The zero-order valence-corrected chi connectivity index (χ0v) is 20.2. The van der Waals surface area contributed by atoms with E-state index in [-0.39, 0.29) is 18.2 Å². The highest BCUT2D eigenvalue weighted by Crippen LogP contribution is 2.15. The Kier molecular flexibility index (Phi) is 10.7. The van der Waals surface area contributed by atoms with E-state index in [1.54, 1.807) is 17.0 Å². The lowest BCUT2D eigenvalue weighted by atomic mass is 10.1. The van der Waals surface area contributed by atoms with Gasteiger partial charge in [-0.2, -0.15) is 0 Å². The summed E-state index contributed by atoms with van der Waals surface area (Å²) >= 11 is 0. The molecule has 32 heavy (non-hydrogen) atoms. The number of nitrogens with zero attached hydrogens (tertiary/aromatic N) is 2. The average molecular weight is 445 g/mol. The average Bonchev–Trinajstić information content (AvgIpc) is 2.76. The summed E-state index contributed by atoms with van der Waals surface area (Å²) < 4.78 is 11.2. The van der Waals surface area contributed by atoms with Gasteiger partial charge in [0.25, 0.3) is 0 Å². The third kappa shape index (κ3) is 9.86. The summed E-state index contributed by atoms with van der Waals surface area (Å²) in [6, 6.07) is 9.18. The molecule has 0 spiro atoms. The maximum Gasteiger partial charge on any atom is 0.410 e. The molecule has 0 bridgehead atoms. The van der Waals surface area contributed by atoms with Crippen LogP contribution in [0.15, 0.2) is 42.5 Å². The maximum atomic E-state index is 12.4. The summed E-state index contributed by atoms with van der Waals surface area (Å²) in [6.07, 6.45) is 8.88. The standard InChI is InChI=1S/C26H40N2O4/c1-5-6-8-15-23(31-24(29)22-13-9-7-10-14-22)16-11-12-17-27-18-20-28(21-19-27)25(30)32-26(2,3)4/h7,9-14,23H,5-6,8,15-21H2,1-4H3/b12-11+. The molecule has 1 amide bonds. The Morgan fingerprint density at radius 2 is 1.72 bits per heavy atom. The summed E-state index contributed by atoms with van der Waals surface area (Å²) in [5, 5.41) is 0. The normalized spacial score (nSPS) is 16.2. The van der Waals surface area contributed by atoms with E-state index in [1.165, 1.54) is 0 Å². The molecule has 6 nitrogen and oxygen atoms in total. The Morgan fingerprint density at radius 1 is 1.03 bits per heavy atom. The molecule has 0 aliphatic carbocycles. The summed E-state index contributed by atoms with van der Waals surface area (Å²) in [6.45, 7) is 11.7. The Bertz CT molecular complexity index is 719. The largest absolute Gasteiger partial charge is 0.458 e. The molecule has 1 aliphatic rings. The van der Waals surface area contributed by atoms with Crippen LogP contribution in [0, 0.1) is 0 Å². The first-order chi connectivity index (χ1) is 15.3. The molecule has 1 fully saturated rings. The van der Waals surface area contributed by atoms with Crippen molar-refractivity contribution in [1.29, 1.82) is 0 Å². The first-order valence-corrected chi connectivity index (χ1v) is 11.9.